The second-order valence-corrected chi connectivity index (χ2v) is 11.6. The molecule has 3 saturated heterocycles. The summed E-state index contributed by atoms with van der Waals surface area (Å²) in [5, 5.41) is 4.61. The molecule has 0 saturated carbocycles. The van der Waals surface area contributed by atoms with Gasteiger partial charge in [-0.25, -0.2) is 4.39 Å². The van der Waals surface area contributed by atoms with Crippen LogP contribution in [0.25, 0.3) is 10.9 Å². The van der Waals surface area contributed by atoms with Gasteiger partial charge in [-0.05, 0) is 59.1 Å². The summed E-state index contributed by atoms with van der Waals surface area (Å²) in [6.07, 6.45) is 3.12. The van der Waals surface area contributed by atoms with Crippen LogP contribution in [0.3, 0.4) is 0 Å². The monoisotopic (exact) mass is 491 g/mol. The molecule has 0 aliphatic carbocycles. The molecule has 0 amide bonds. The molecule has 1 aromatic carbocycles. The van der Waals surface area contributed by atoms with Crippen LogP contribution < -0.4 is 15.0 Å². The molecule has 3 fully saturated rings. The first-order chi connectivity index (χ1) is 16.1. The van der Waals surface area contributed by atoms with Crippen LogP contribution >= 0.6 is 11.6 Å². The number of benzene rings is 1. The van der Waals surface area contributed by atoms with E-state index < -0.39 is 5.82 Å². The highest BCUT2D eigenvalue weighted by atomic mass is 35.5. The summed E-state index contributed by atoms with van der Waals surface area (Å²) in [4.78, 5) is 13.8. The standard InChI is InChI=1S/C25H35ClFN5O2/c1-24(2)14-31(15-25(3,4)34-24)8-5-9-33-23-29-21-19(10-16(26)11-20(21)27)22(30-23)32-12-17-6-7-18(13-32)28-17/h10-11,17-18,28H,5-9,12-15H2,1-4H3/t17-,18+. The Hall–Kier alpha value is -1.74. The fraction of sp³-hybridized carbons (Fsp3) is 0.680. The molecule has 7 nitrogen and oxygen atoms in total. The number of aromatic nitrogens is 2. The van der Waals surface area contributed by atoms with Gasteiger partial charge in [-0.15, -0.1) is 0 Å². The number of nitrogens with one attached hydrogen (secondary N) is 1. The molecule has 4 heterocycles. The molecular formula is C25H35ClFN5O2. The van der Waals surface area contributed by atoms with Crippen LogP contribution in [0.2, 0.25) is 5.02 Å². The molecular weight excluding hydrogens is 457 g/mol. The highest BCUT2D eigenvalue weighted by Crippen LogP contribution is 2.33. The van der Waals surface area contributed by atoms with Gasteiger partial charge in [0.15, 0.2) is 5.82 Å². The summed E-state index contributed by atoms with van der Waals surface area (Å²) in [5.74, 6) is 0.253. The van der Waals surface area contributed by atoms with Crippen molar-refractivity contribution >= 4 is 28.3 Å². The van der Waals surface area contributed by atoms with Gasteiger partial charge in [0.1, 0.15) is 11.3 Å². The Labute approximate surface area is 206 Å². The lowest BCUT2D eigenvalue weighted by Crippen LogP contribution is -2.57. The Morgan fingerprint density at radius 1 is 1.12 bits per heavy atom. The van der Waals surface area contributed by atoms with Crippen LogP contribution in [0.15, 0.2) is 12.1 Å². The van der Waals surface area contributed by atoms with Crippen molar-refractivity contribution in [3.8, 4) is 6.01 Å². The van der Waals surface area contributed by atoms with E-state index in [4.69, 9.17) is 26.1 Å². The molecule has 0 unspecified atom stereocenters. The normalized spacial score (nSPS) is 26.2. The van der Waals surface area contributed by atoms with Crippen molar-refractivity contribution in [1.29, 1.82) is 0 Å². The van der Waals surface area contributed by atoms with E-state index in [1.165, 1.54) is 6.07 Å². The minimum atomic E-state index is -0.452. The number of anilines is 1. The summed E-state index contributed by atoms with van der Waals surface area (Å²) in [6.45, 7) is 13.3. The van der Waals surface area contributed by atoms with E-state index in [0.717, 1.165) is 52.0 Å². The Morgan fingerprint density at radius 3 is 2.47 bits per heavy atom. The average Bonchev–Trinajstić information content (AvgIpc) is 3.06. The number of hydrogen-bond donors (Lipinski definition) is 1. The number of nitrogens with zero attached hydrogens (tertiary/aromatic N) is 4. The largest absolute Gasteiger partial charge is 0.463 e. The maximum Gasteiger partial charge on any atom is 0.319 e. The first-order valence-corrected chi connectivity index (χ1v) is 12.7. The average molecular weight is 492 g/mol. The van der Waals surface area contributed by atoms with Gasteiger partial charge in [0, 0.05) is 55.2 Å². The fourth-order valence-corrected chi connectivity index (χ4v) is 6.16. The predicted molar refractivity (Wildman–Crippen MR) is 132 cm³/mol. The fourth-order valence-electron chi connectivity index (χ4n) is 5.95. The van der Waals surface area contributed by atoms with Crippen molar-refractivity contribution in [2.45, 2.75) is 70.2 Å². The van der Waals surface area contributed by atoms with Gasteiger partial charge < -0.3 is 19.7 Å². The minimum Gasteiger partial charge on any atom is -0.463 e. The van der Waals surface area contributed by atoms with Gasteiger partial charge in [0.05, 0.1) is 17.8 Å². The van der Waals surface area contributed by atoms with Gasteiger partial charge in [0.25, 0.3) is 0 Å². The number of fused-ring (bicyclic) bond motifs is 3. The molecule has 1 N–H and O–H groups in total. The minimum absolute atomic E-state index is 0.180. The third-order valence-electron chi connectivity index (χ3n) is 6.81. The van der Waals surface area contributed by atoms with E-state index in [1.807, 2.05) is 0 Å². The second-order valence-electron chi connectivity index (χ2n) is 11.2. The zero-order chi connectivity index (χ0) is 24.1. The number of halogens is 2. The number of hydrogen-bond acceptors (Lipinski definition) is 7. The molecule has 1 aromatic heterocycles. The van der Waals surface area contributed by atoms with Crippen LogP contribution in [-0.2, 0) is 4.74 Å². The van der Waals surface area contributed by atoms with Crippen molar-refractivity contribution in [2.75, 3.05) is 44.2 Å². The molecule has 2 aromatic rings. The molecule has 3 aliphatic rings. The van der Waals surface area contributed by atoms with Crippen LogP contribution in [0.4, 0.5) is 10.2 Å². The van der Waals surface area contributed by atoms with E-state index >= 15 is 0 Å². The van der Waals surface area contributed by atoms with E-state index in [0.29, 0.717) is 34.9 Å². The van der Waals surface area contributed by atoms with Crippen molar-refractivity contribution in [1.82, 2.24) is 20.2 Å². The SMILES string of the molecule is CC1(C)CN(CCCOc2nc(N3C[C@H]4CC[C@@H](C3)N4)c3cc(Cl)cc(F)c3n2)CC(C)(C)O1. The maximum atomic E-state index is 14.8. The number of piperazine rings is 1. The first kappa shape index (κ1) is 24.0. The molecule has 5 rings (SSSR count). The molecule has 2 atom stereocenters. The Balaban J connectivity index is 1.31. The molecule has 3 aliphatic heterocycles. The van der Waals surface area contributed by atoms with Gasteiger partial charge in [-0.3, -0.25) is 4.90 Å². The van der Waals surface area contributed by atoms with Crippen LogP contribution in [0.5, 0.6) is 6.01 Å². The summed E-state index contributed by atoms with van der Waals surface area (Å²) in [6, 6.07) is 4.13. The van der Waals surface area contributed by atoms with Crippen LogP contribution in [0.1, 0.15) is 47.0 Å². The third kappa shape index (κ3) is 5.25. The van der Waals surface area contributed by atoms with Gasteiger partial charge >= 0.3 is 6.01 Å². The molecule has 0 spiro atoms. The second kappa shape index (κ2) is 9.04. The Morgan fingerprint density at radius 2 is 1.79 bits per heavy atom. The molecule has 34 heavy (non-hydrogen) atoms. The lowest BCUT2D eigenvalue weighted by atomic mass is 9.99. The smallest absolute Gasteiger partial charge is 0.319 e. The summed E-state index contributed by atoms with van der Waals surface area (Å²) in [5.41, 5.74) is -0.104. The summed E-state index contributed by atoms with van der Waals surface area (Å²) in [7, 11) is 0. The highest BCUT2D eigenvalue weighted by Gasteiger charge is 2.38. The van der Waals surface area contributed by atoms with Crippen molar-refractivity contribution < 1.29 is 13.9 Å². The topological polar surface area (TPSA) is 62.8 Å². The van der Waals surface area contributed by atoms with Gasteiger partial charge in [0.2, 0.25) is 0 Å². The Kier molecular flexibility index (Phi) is 6.38. The molecule has 0 radical (unpaired) electrons. The lowest BCUT2D eigenvalue weighted by molar-refractivity contribution is -0.180. The van der Waals surface area contributed by atoms with Crippen molar-refractivity contribution in [2.24, 2.45) is 0 Å². The summed E-state index contributed by atoms with van der Waals surface area (Å²) < 4.78 is 27.0. The van der Waals surface area contributed by atoms with Crippen molar-refractivity contribution in [3.05, 3.63) is 23.0 Å². The number of morpholine rings is 1. The zero-order valence-corrected chi connectivity index (χ0v) is 21.3. The first-order valence-electron chi connectivity index (χ1n) is 12.3. The van der Waals surface area contributed by atoms with Gasteiger partial charge in [-0.2, -0.15) is 9.97 Å². The predicted octanol–water partition coefficient (Wildman–Crippen LogP) is 4.02. The van der Waals surface area contributed by atoms with E-state index in [-0.39, 0.29) is 22.7 Å². The quantitative estimate of drug-likeness (QED) is 0.612. The van der Waals surface area contributed by atoms with Crippen LogP contribution in [0, 0.1) is 5.82 Å². The highest BCUT2D eigenvalue weighted by molar-refractivity contribution is 6.31. The molecule has 2 bridgehead atoms. The van der Waals surface area contributed by atoms with Crippen LogP contribution in [-0.4, -0.2) is 77.5 Å². The zero-order valence-electron chi connectivity index (χ0n) is 20.5. The maximum absolute atomic E-state index is 14.8. The van der Waals surface area contributed by atoms with E-state index in [2.05, 4.69) is 47.8 Å². The number of rotatable bonds is 6. The summed E-state index contributed by atoms with van der Waals surface area (Å²) >= 11 is 6.19. The molecule has 186 valence electrons. The van der Waals surface area contributed by atoms with E-state index in [1.54, 1.807) is 6.07 Å². The third-order valence-corrected chi connectivity index (χ3v) is 7.02. The van der Waals surface area contributed by atoms with E-state index in [9.17, 15) is 4.39 Å². The lowest BCUT2D eigenvalue weighted by Gasteiger charge is -2.47. The number of ether oxygens (including phenoxy) is 2. The Bertz CT molecular complexity index is 1040. The molecule has 9 heteroatoms. The van der Waals surface area contributed by atoms with Crippen molar-refractivity contribution in [3.63, 3.8) is 0 Å². The van der Waals surface area contributed by atoms with Gasteiger partial charge in [-0.1, -0.05) is 11.6 Å².